The number of ketones is 1. The Hall–Kier alpha value is -0.670. The molecule has 3 nitrogen and oxygen atoms in total. The standard InChI is InChI=1S/C24H42O3/c1-2-3-4-5-6-7-8-9-10-11-12-13-14-15-20-26-23-19-18-22(25)24(27-23)21-16-17-21/h18-19,21,23-24H,2-17,20H2,1H3. The fourth-order valence-electron chi connectivity index (χ4n) is 3.86. The summed E-state index contributed by atoms with van der Waals surface area (Å²) in [6.07, 6.45) is 24.3. The zero-order valence-corrected chi connectivity index (χ0v) is 17.6. The first-order valence-electron chi connectivity index (χ1n) is 11.8. The predicted molar refractivity (Wildman–Crippen MR) is 112 cm³/mol. The zero-order valence-electron chi connectivity index (χ0n) is 17.6. The van der Waals surface area contributed by atoms with E-state index in [4.69, 9.17) is 9.47 Å². The number of hydrogen-bond donors (Lipinski definition) is 0. The number of carbonyl (C=O) groups is 1. The Morgan fingerprint density at radius 2 is 1.37 bits per heavy atom. The monoisotopic (exact) mass is 378 g/mol. The summed E-state index contributed by atoms with van der Waals surface area (Å²) in [4.78, 5) is 11.8. The van der Waals surface area contributed by atoms with Crippen molar-refractivity contribution in [3.8, 4) is 0 Å². The van der Waals surface area contributed by atoms with Crippen molar-refractivity contribution in [1.29, 1.82) is 0 Å². The summed E-state index contributed by atoms with van der Waals surface area (Å²) in [5.41, 5.74) is 0. The molecule has 1 aliphatic carbocycles. The molecule has 0 N–H and O–H groups in total. The Morgan fingerprint density at radius 3 is 1.89 bits per heavy atom. The van der Waals surface area contributed by atoms with E-state index in [0.717, 1.165) is 25.9 Å². The Morgan fingerprint density at radius 1 is 0.852 bits per heavy atom. The van der Waals surface area contributed by atoms with Crippen molar-refractivity contribution in [3.63, 3.8) is 0 Å². The van der Waals surface area contributed by atoms with Gasteiger partial charge >= 0.3 is 0 Å². The molecule has 0 saturated heterocycles. The fourth-order valence-corrected chi connectivity index (χ4v) is 3.86. The summed E-state index contributed by atoms with van der Waals surface area (Å²) in [5.74, 6) is 0.559. The second-order valence-electron chi connectivity index (χ2n) is 8.49. The predicted octanol–water partition coefficient (Wildman–Crippen LogP) is 6.74. The van der Waals surface area contributed by atoms with E-state index in [1.165, 1.54) is 83.5 Å². The van der Waals surface area contributed by atoms with Gasteiger partial charge in [-0.15, -0.1) is 0 Å². The van der Waals surface area contributed by atoms with Crippen LogP contribution in [0.25, 0.3) is 0 Å². The van der Waals surface area contributed by atoms with Crippen molar-refractivity contribution in [2.75, 3.05) is 6.61 Å². The van der Waals surface area contributed by atoms with E-state index in [0.29, 0.717) is 5.92 Å². The summed E-state index contributed by atoms with van der Waals surface area (Å²) in [6, 6.07) is 0. The van der Waals surface area contributed by atoms with Gasteiger partial charge in [-0.1, -0.05) is 90.4 Å². The van der Waals surface area contributed by atoms with Crippen LogP contribution in [0.5, 0.6) is 0 Å². The van der Waals surface area contributed by atoms with Gasteiger partial charge in [0.05, 0.1) is 6.61 Å². The highest BCUT2D eigenvalue weighted by atomic mass is 16.7. The summed E-state index contributed by atoms with van der Waals surface area (Å²) < 4.78 is 11.6. The minimum Gasteiger partial charge on any atom is -0.349 e. The van der Waals surface area contributed by atoms with E-state index in [9.17, 15) is 4.79 Å². The van der Waals surface area contributed by atoms with Crippen LogP contribution < -0.4 is 0 Å². The average molecular weight is 379 g/mol. The Labute approximate surface area is 167 Å². The van der Waals surface area contributed by atoms with Gasteiger partial charge in [0.1, 0.15) is 6.10 Å². The quantitative estimate of drug-likeness (QED) is 0.263. The van der Waals surface area contributed by atoms with Crippen LogP contribution in [0.1, 0.15) is 110 Å². The summed E-state index contributed by atoms with van der Waals surface area (Å²) in [7, 11) is 0. The molecule has 0 amide bonds. The molecular weight excluding hydrogens is 336 g/mol. The second-order valence-corrected chi connectivity index (χ2v) is 8.49. The molecule has 2 unspecified atom stereocenters. The molecule has 1 fully saturated rings. The van der Waals surface area contributed by atoms with Crippen LogP contribution >= 0.6 is 0 Å². The van der Waals surface area contributed by atoms with Crippen LogP contribution in [0.3, 0.4) is 0 Å². The Bertz CT molecular complexity index is 414. The van der Waals surface area contributed by atoms with E-state index >= 15 is 0 Å². The van der Waals surface area contributed by atoms with Gasteiger partial charge in [0.25, 0.3) is 0 Å². The van der Waals surface area contributed by atoms with Crippen molar-refractivity contribution < 1.29 is 14.3 Å². The fraction of sp³-hybridized carbons (Fsp3) is 0.875. The van der Waals surface area contributed by atoms with Gasteiger partial charge in [-0.25, -0.2) is 0 Å². The average Bonchev–Trinajstić information content (AvgIpc) is 3.51. The molecule has 1 aliphatic heterocycles. The molecule has 0 radical (unpaired) electrons. The molecule has 2 rings (SSSR count). The number of carbonyl (C=O) groups excluding carboxylic acids is 1. The van der Waals surface area contributed by atoms with Gasteiger partial charge in [-0.05, 0) is 37.3 Å². The maximum Gasteiger partial charge on any atom is 0.184 e. The van der Waals surface area contributed by atoms with Gasteiger partial charge in [0, 0.05) is 0 Å². The highest BCUT2D eigenvalue weighted by Crippen LogP contribution is 2.36. The first kappa shape index (κ1) is 22.6. The van der Waals surface area contributed by atoms with Crippen molar-refractivity contribution in [1.82, 2.24) is 0 Å². The molecule has 0 aromatic carbocycles. The van der Waals surface area contributed by atoms with Crippen molar-refractivity contribution in [2.24, 2.45) is 5.92 Å². The maximum atomic E-state index is 11.8. The lowest BCUT2D eigenvalue weighted by atomic mass is 10.0. The normalized spacial score (nSPS) is 22.5. The van der Waals surface area contributed by atoms with Crippen LogP contribution in [0.2, 0.25) is 0 Å². The lowest BCUT2D eigenvalue weighted by Crippen LogP contribution is -2.34. The topological polar surface area (TPSA) is 35.5 Å². The highest BCUT2D eigenvalue weighted by molar-refractivity contribution is 5.94. The minimum absolute atomic E-state index is 0.119. The third kappa shape index (κ3) is 10.4. The number of unbranched alkanes of at least 4 members (excludes halogenated alkanes) is 13. The largest absolute Gasteiger partial charge is 0.349 e. The third-order valence-corrected chi connectivity index (χ3v) is 5.81. The van der Waals surface area contributed by atoms with E-state index in [-0.39, 0.29) is 18.2 Å². The van der Waals surface area contributed by atoms with E-state index in [1.54, 1.807) is 12.2 Å². The molecule has 2 atom stereocenters. The molecule has 1 saturated carbocycles. The van der Waals surface area contributed by atoms with Crippen LogP contribution in [0, 0.1) is 5.92 Å². The summed E-state index contributed by atoms with van der Waals surface area (Å²) >= 11 is 0. The Kier molecular flexibility index (Phi) is 12.0. The number of rotatable bonds is 17. The lowest BCUT2D eigenvalue weighted by Gasteiger charge is -2.24. The van der Waals surface area contributed by atoms with Gasteiger partial charge in [0.15, 0.2) is 12.1 Å². The molecule has 0 aromatic rings. The first-order valence-corrected chi connectivity index (χ1v) is 11.8. The van der Waals surface area contributed by atoms with E-state index < -0.39 is 0 Å². The smallest absolute Gasteiger partial charge is 0.184 e. The molecule has 156 valence electrons. The van der Waals surface area contributed by atoms with Crippen molar-refractivity contribution >= 4 is 5.78 Å². The summed E-state index contributed by atoms with van der Waals surface area (Å²) in [5, 5.41) is 0. The molecule has 0 bridgehead atoms. The third-order valence-electron chi connectivity index (χ3n) is 5.81. The molecule has 0 spiro atoms. The second kappa shape index (κ2) is 14.3. The van der Waals surface area contributed by atoms with E-state index in [1.807, 2.05) is 0 Å². The summed E-state index contributed by atoms with van der Waals surface area (Å²) in [6.45, 7) is 3.02. The molecule has 3 heteroatoms. The van der Waals surface area contributed by atoms with Crippen LogP contribution in [0.4, 0.5) is 0 Å². The lowest BCUT2D eigenvalue weighted by molar-refractivity contribution is -0.166. The zero-order chi connectivity index (χ0) is 19.2. The molecule has 1 heterocycles. The number of hydrogen-bond acceptors (Lipinski definition) is 3. The van der Waals surface area contributed by atoms with Gasteiger partial charge in [-0.2, -0.15) is 0 Å². The maximum absolute atomic E-state index is 11.8. The van der Waals surface area contributed by atoms with Crippen molar-refractivity contribution in [2.45, 2.75) is 122 Å². The molecule has 27 heavy (non-hydrogen) atoms. The van der Waals surface area contributed by atoms with Crippen LogP contribution in [0.15, 0.2) is 12.2 Å². The first-order chi connectivity index (χ1) is 13.3. The SMILES string of the molecule is CCCCCCCCCCCCCCCCOC1C=CC(=O)C(C2CC2)O1. The minimum atomic E-state index is -0.310. The molecule has 0 aromatic heterocycles. The van der Waals surface area contributed by atoms with Gasteiger partial charge in [-0.3, -0.25) is 4.79 Å². The van der Waals surface area contributed by atoms with Crippen molar-refractivity contribution in [3.05, 3.63) is 12.2 Å². The Balaban J connectivity index is 1.31. The van der Waals surface area contributed by atoms with Crippen LogP contribution in [-0.2, 0) is 14.3 Å². The molecular formula is C24H42O3. The number of ether oxygens (including phenoxy) is 2. The van der Waals surface area contributed by atoms with Crippen LogP contribution in [-0.4, -0.2) is 24.8 Å². The highest BCUT2D eigenvalue weighted by Gasteiger charge is 2.39. The van der Waals surface area contributed by atoms with E-state index in [2.05, 4.69) is 6.92 Å². The van der Waals surface area contributed by atoms with Gasteiger partial charge < -0.3 is 9.47 Å². The van der Waals surface area contributed by atoms with Gasteiger partial charge in [0.2, 0.25) is 0 Å². The molecule has 2 aliphatic rings.